The standard InChI is InChI=1S/C41H60ClF3N8O10/c1-2-34-8-9-37(63-34)53-39-35(29-48-53)38(49-40(42)50-39)52(30-32-6-3-4-7-36(32)41(43,44)45)11-15-57-18-21-60-24-25-61-26-27-62-31-33(51-46)28-47-10-14-56-17-20-59-23-22-58-19-16-55-13-5-12-54/h3-4,6-7,12,28-29,34,37H,2,5,8-11,13-27,30-31,46H2,1H3/b47-28?,51-33+. The van der Waals surface area contributed by atoms with Crippen molar-refractivity contribution in [1.82, 2.24) is 19.7 Å². The molecule has 2 atom stereocenters. The molecule has 3 aromatic rings. The van der Waals surface area contributed by atoms with Crippen molar-refractivity contribution < 1.29 is 60.6 Å². The summed E-state index contributed by atoms with van der Waals surface area (Å²) in [5.74, 6) is 5.79. The topological polar surface area (TPSA) is 198 Å². The Labute approximate surface area is 370 Å². The largest absolute Gasteiger partial charge is 0.416 e. The first-order chi connectivity index (χ1) is 30.7. The Kier molecular flexibility index (Phi) is 24.9. The second-order valence-corrected chi connectivity index (χ2v) is 14.2. The van der Waals surface area contributed by atoms with E-state index in [4.69, 9.17) is 60.1 Å². The summed E-state index contributed by atoms with van der Waals surface area (Å²) in [4.78, 5) is 25.0. The van der Waals surface area contributed by atoms with Crippen molar-refractivity contribution in [2.45, 2.75) is 57.7 Å². The van der Waals surface area contributed by atoms with Gasteiger partial charge < -0.3 is 58.2 Å². The molecule has 1 aliphatic heterocycles. The Morgan fingerprint density at radius 3 is 2.08 bits per heavy atom. The zero-order valence-electron chi connectivity index (χ0n) is 35.8. The molecule has 4 rings (SSSR count). The summed E-state index contributed by atoms with van der Waals surface area (Å²) in [6.45, 7) is 8.14. The Morgan fingerprint density at radius 1 is 0.873 bits per heavy atom. The van der Waals surface area contributed by atoms with Crippen LogP contribution >= 0.6 is 11.6 Å². The van der Waals surface area contributed by atoms with Crippen molar-refractivity contribution in [3.63, 3.8) is 0 Å². The average Bonchev–Trinajstić information content (AvgIpc) is 3.93. The first-order valence-electron chi connectivity index (χ1n) is 21.0. The summed E-state index contributed by atoms with van der Waals surface area (Å²) >= 11 is 6.42. The van der Waals surface area contributed by atoms with E-state index in [1.807, 2.05) is 0 Å². The number of anilines is 1. The molecule has 0 amide bonds. The van der Waals surface area contributed by atoms with Crippen LogP contribution in [0.25, 0.3) is 11.0 Å². The number of hydrogen-bond acceptors (Lipinski definition) is 17. The van der Waals surface area contributed by atoms with Crippen molar-refractivity contribution in [1.29, 1.82) is 0 Å². The van der Waals surface area contributed by atoms with E-state index < -0.39 is 11.7 Å². The van der Waals surface area contributed by atoms with Gasteiger partial charge in [0.2, 0.25) is 5.28 Å². The number of rotatable bonds is 35. The smallest absolute Gasteiger partial charge is 0.379 e. The van der Waals surface area contributed by atoms with Crippen molar-refractivity contribution in [3.05, 3.63) is 46.9 Å². The van der Waals surface area contributed by atoms with Crippen molar-refractivity contribution in [2.24, 2.45) is 15.9 Å². The van der Waals surface area contributed by atoms with Crippen LogP contribution in [-0.2, 0) is 60.1 Å². The third kappa shape index (κ3) is 19.4. The number of alkyl halides is 3. The van der Waals surface area contributed by atoms with Gasteiger partial charge in [0.25, 0.3) is 0 Å². The van der Waals surface area contributed by atoms with Gasteiger partial charge in [-0.2, -0.15) is 33.3 Å². The van der Waals surface area contributed by atoms with Crippen LogP contribution in [-0.4, -0.2) is 163 Å². The highest BCUT2D eigenvalue weighted by Crippen LogP contribution is 2.36. The maximum Gasteiger partial charge on any atom is 0.416 e. The van der Waals surface area contributed by atoms with Crippen LogP contribution in [0.4, 0.5) is 19.0 Å². The van der Waals surface area contributed by atoms with Crippen molar-refractivity contribution in [2.75, 3.05) is 124 Å². The van der Waals surface area contributed by atoms with Crippen LogP contribution in [0.3, 0.4) is 0 Å². The van der Waals surface area contributed by atoms with E-state index in [1.54, 1.807) is 21.8 Å². The number of nitrogens with zero attached hydrogens (tertiary/aromatic N) is 7. The first-order valence-corrected chi connectivity index (χ1v) is 21.4. The summed E-state index contributed by atoms with van der Waals surface area (Å²) in [5, 5.41) is 8.69. The number of carbonyl (C=O) groups is 1. The molecular weight excluding hydrogens is 857 g/mol. The van der Waals surface area contributed by atoms with Gasteiger partial charge in [-0.15, -0.1) is 0 Å². The summed E-state index contributed by atoms with van der Waals surface area (Å²) in [5.41, 5.74) is 0.239. The second-order valence-electron chi connectivity index (χ2n) is 13.9. The second kappa shape index (κ2) is 30.3. The van der Waals surface area contributed by atoms with Crippen LogP contribution in [0.1, 0.15) is 50.0 Å². The molecule has 0 radical (unpaired) electrons. The molecule has 0 spiro atoms. The van der Waals surface area contributed by atoms with E-state index in [9.17, 15) is 18.0 Å². The molecule has 0 bridgehead atoms. The van der Waals surface area contributed by atoms with Gasteiger partial charge in [0.05, 0.1) is 136 Å². The number of aliphatic imine (C=N–C) groups is 1. The maximum atomic E-state index is 14.0. The number of carbonyl (C=O) groups excluding carboxylic acids is 1. The molecule has 1 aliphatic rings. The Balaban J connectivity index is 1.07. The molecule has 0 saturated carbocycles. The van der Waals surface area contributed by atoms with Crippen molar-refractivity contribution in [3.8, 4) is 0 Å². The van der Waals surface area contributed by atoms with Crippen LogP contribution in [0.5, 0.6) is 0 Å². The number of ether oxygens (including phenoxy) is 9. The molecule has 3 heterocycles. The summed E-state index contributed by atoms with van der Waals surface area (Å²) in [6, 6.07) is 5.44. The average molecular weight is 917 g/mol. The highest BCUT2D eigenvalue weighted by molar-refractivity contribution is 6.31. The monoisotopic (exact) mass is 916 g/mol. The molecule has 1 fully saturated rings. The fraction of sp³-hybridized carbons (Fsp3) is 0.659. The molecule has 0 aliphatic carbocycles. The zero-order valence-corrected chi connectivity index (χ0v) is 36.5. The maximum absolute atomic E-state index is 14.0. The van der Waals surface area contributed by atoms with E-state index in [0.717, 1.165) is 31.6 Å². The predicted octanol–water partition coefficient (Wildman–Crippen LogP) is 4.70. The van der Waals surface area contributed by atoms with Gasteiger partial charge in [0, 0.05) is 25.7 Å². The minimum Gasteiger partial charge on any atom is -0.379 e. The number of hydrazone groups is 1. The fourth-order valence-electron chi connectivity index (χ4n) is 6.20. The number of aldehydes is 1. The van der Waals surface area contributed by atoms with Gasteiger partial charge in [-0.3, -0.25) is 4.99 Å². The minimum atomic E-state index is -4.55. The van der Waals surface area contributed by atoms with Gasteiger partial charge in [0.15, 0.2) is 11.9 Å². The number of aromatic nitrogens is 4. The van der Waals surface area contributed by atoms with E-state index in [2.05, 4.69) is 32.1 Å². The van der Waals surface area contributed by atoms with Crippen LogP contribution in [0, 0.1) is 0 Å². The lowest BCUT2D eigenvalue weighted by Gasteiger charge is -2.26. The van der Waals surface area contributed by atoms with E-state index >= 15 is 0 Å². The normalized spacial score (nSPS) is 15.9. The summed E-state index contributed by atoms with van der Waals surface area (Å²) < 4.78 is 93.9. The van der Waals surface area contributed by atoms with Crippen molar-refractivity contribution >= 4 is 46.7 Å². The first kappa shape index (κ1) is 51.7. The minimum absolute atomic E-state index is 0.0655. The number of fused-ring (bicyclic) bond motifs is 1. The Hall–Kier alpha value is -3.90. The molecule has 352 valence electrons. The van der Waals surface area contributed by atoms with Gasteiger partial charge in [-0.1, -0.05) is 25.1 Å². The number of nitrogens with two attached hydrogens (primary N) is 1. The molecule has 63 heavy (non-hydrogen) atoms. The quantitative estimate of drug-likeness (QED) is 0.0213. The summed E-state index contributed by atoms with van der Waals surface area (Å²) in [7, 11) is 0. The Bertz CT molecular complexity index is 1790. The highest BCUT2D eigenvalue weighted by Gasteiger charge is 2.34. The van der Waals surface area contributed by atoms with Gasteiger partial charge in [0.1, 0.15) is 17.8 Å². The SMILES string of the molecule is CCC1CCC(n2ncc3c(N(CCOCCOCCOCCOC/C(C=NCCOCCOCCOCCOCCC=O)=N/N)Cc4ccccc4C(F)(F)F)nc(Cl)nc32)O1. The predicted molar refractivity (Wildman–Crippen MR) is 228 cm³/mol. The molecule has 2 aromatic heterocycles. The molecule has 2 N–H and O–H groups in total. The van der Waals surface area contributed by atoms with Crippen LogP contribution in [0.15, 0.2) is 40.6 Å². The molecule has 1 aromatic carbocycles. The third-order valence-corrected chi connectivity index (χ3v) is 9.51. The van der Waals surface area contributed by atoms with Gasteiger partial charge in [-0.05, 0) is 42.5 Å². The van der Waals surface area contributed by atoms with Gasteiger partial charge in [-0.25, -0.2) is 4.68 Å². The van der Waals surface area contributed by atoms with E-state index in [0.29, 0.717) is 115 Å². The molecule has 1 saturated heterocycles. The third-order valence-electron chi connectivity index (χ3n) is 9.34. The fourth-order valence-corrected chi connectivity index (χ4v) is 6.36. The van der Waals surface area contributed by atoms with Crippen LogP contribution in [0.2, 0.25) is 5.28 Å². The lowest BCUT2D eigenvalue weighted by atomic mass is 10.1. The lowest BCUT2D eigenvalue weighted by molar-refractivity contribution is -0.138. The molecular formula is C41H60ClF3N8O10. The molecule has 2 unspecified atom stereocenters. The zero-order chi connectivity index (χ0) is 45.0. The lowest BCUT2D eigenvalue weighted by Crippen LogP contribution is -2.30. The number of benzene rings is 1. The molecule has 22 heteroatoms. The Morgan fingerprint density at radius 2 is 1.48 bits per heavy atom. The van der Waals surface area contributed by atoms with Crippen LogP contribution < -0.4 is 10.7 Å². The number of halogens is 4. The summed E-state index contributed by atoms with van der Waals surface area (Å²) in [6.07, 6.45) is 2.04. The van der Waals surface area contributed by atoms with E-state index in [1.165, 1.54) is 18.3 Å². The highest BCUT2D eigenvalue weighted by atomic mass is 35.5. The number of hydrogen-bond donors (Lipinski definition) is 1. The van der Waals surface area contributed by atoms with Gasteiger partial charge >= 0.3 is 6.18 Å². The van der Waals surface area contributed by atoms with E-state index in [-0.39, 0.29) is 62.7 Å². The molecule has 18 nitrogen and oxygen atoms in total.